The summed E-state index contributed by atoms with van der Waals surface area (Å²) in [6, 6.07) is 6.93. The molecule has 0 fully saturated rings. The van der Waals surface area contributed by atoms with E-state index in [2.05, 4.69) is 25.9 Å². The summed E-state index contributed by atoms with van der Waals surface area (Å²) >= 11 is 5.08. The smallest absolute Gasteiger partial charge is 0.409 e. The molecule has 0 aliphatic rings. The molecule has 0 aliphatic carbocycles. The zero-order valence-electron chi connectivity index (χ0n) is 13.1. The summed E-state index contributed by atoms with van der Waals surface area (Å²) in [6.45, 7) is 1.91. The van der Waals surface area contributed by atoms with Gasteiger partial charge in [0.1, 0.15) is 5.82 Å². The Morgan fingerprint density at radius 3 is 2.96 bits per heavy atom. The molecule has 128 valence electrons. The highest BCUT2D eigenvalue weighted by atomic mass is 32.1. The molecule has 5 N–H and O–H groups in total. The van der Waals surface area contributed by atoms with Gasteiger partial charge in [0.25, 0.3) is 0 Å². The van der Waals surface area contributed by atoms with Crippen LogP contribution in [0.25, 0.3) is 0 Å². The summed E-state index contributed by atoms with van der Waals surface area (Å²) < 4.78 is 5.36. The predicted molar refractivity (Wildman–Crippen MR) is 94.4 cm³/mol. The molecule has 0 bridgehead atoms. The van der Waals surface area contributed by atoms with Gasteiger partial charge in [-0.2, -0.15) is 0 Å². The highest BCUT2D eigenvalue weighted by Gasteiger charge is 2.06. The van der Waals surface area contributed by atoms with Crippen LogP contribution in [0.4, 0.5) is 22.0 Å². The fourth-order valence-electron chi connectivity index (χ4n) is 2.01. The van der Waals surface area contributed by atoms with E-state index in [0.717, 1.165) is 11.3 Å². The van der Waals surface area contributed by atoms with E-state index in [-0.39, 0.29) is 0 Å². The van der Waals surface area contributed by atoms with Crippen LogP contribution in [0.2, 0.25) is 0 Å². The number of aromatic nitrogens is 2. The second-order valence-corrected chi connectivity index (χ2v) is 5.28. The van der Waals surface area contributed by atoms with Crippen molar-refractivity contribution in [3.05, 3.63) is 40.8 Å². The Bertz CT molecular complexity index is 750. The first kappa shape index (κ1) is 17.9. The van der Waals surface area contributed by atoms with E-state index in [9.17, 15) is 4.79 Å². The molecule has 1 amide bonds. The van der Waals surface area contributed by atoms with Gasteiger partial charge in [-0.1, -0.05) is 6.07 Å². The summed E-state index contributed by atoms with van der Waals surface area (Å²) in [6.07, 6.45) is 0.582. The number of hydrogen-bond acceptors (Lipinski definition) is 6. The summed E-state index contributed by atoms with van der Waals surface area (Å²) in [7, 11) is 1.65. The number of carboxylic acid groups (broad SMARTS) is 1. The number of amides is 1. The topological polar surface area (TPSA) is 111 Å². The zero-order valence-corrected chi connectivity index (χ0v) is 13.9. The van der Waals surface area contributed by atoms with Crippen LogP contribution in [0.5, 0.6) is 0 Å². The Kier molecular flexibility index (Phi) is 6.67. The summed E-state index contributed by atoms with van der Waals surface area (Å²) in [4.78, 5) is 17.8. The van der Waals surface area contributed by atoms with Crippen LogP contribution in [0.15, 0.2) is 30.5 Å². The quantitative estimate of drug-likeness (QED) is 0.368. The number of nitrogens with one attached hydrogen (secondary N) is 4. The van der Waals surface area contributed by atoms with E-state index in [1.54, 1.807) is 31.5 Å². The lowest BCUT2D eigenvalue weighted by Crippen LogP contribution is -2.19. The van der Waals surface area contributed by atoms with Gasteiger partial charge in [-0.05, 0) is 30.4 Å². The molecule has 9 heteroatoms. The number of ether oxygens (including phenoxy) is 1. The Morgan fingerprint density at radius 1 is 1.42 bits per heavy atom. The first-order chi connectivity index (χ1) is 11.6. The van der Waals surface area contributed by atoms with Gasteiger partial charge in [0.05, 0.1) is 6.61 Å². The Balaban J connectivity index is 2.14. The number of anilines is 3. The maximum absolute atomic E-state index is 10.7. The van der Waals surface area contributed by atoms with E-state index in [1.807, 2.05) is 6.07 Å². The minimum absolute atomic E-state index is 0.359. The van der Waals surface area contributed by atoms with Gasteiger partial charge in [0, 0.05) is 43.3 Å². The van der Waals surface area contributed by atoms with Crippen molar-refractivity contribution in [2.45, 2.75) is 6.54 Å². The second kappa shape index (κ2) is 8.96. The molecule has 0 unspecified atom stereocenters. The van der Waals surface area contributed by atoms with E-state index < -0.39 is 6.09 Å². The van der Waals surface area contributed by atoms with Crippen LogP contribution in [0, 0.1) is 4.77 Å². The van der Waals surface area contributed by atoms with Gasteiger partial charge >= 0.3 is 6.09 Å². The molecule has 8 nitrogen and oxygen atoms in total. The zero-order chi connectivity index (χ0) is 17.4. The monoisotopic (exact) mass is 349 g/mol. The third-order valence-corrected chi connectivity index (χ3v) is 3.28. The summed E-state index contributed by atoms with van der Waals surface area (Å²) in [5.41, 5.74) is 2.09. The lowest BCUT2D eigenvalue weighted by molar-refractivity contribution is 0.199. The molecule has 1 aromatic carbocycles. The summed E-state index contributed by atoms with van der Waals surface area (Å²) in [5, 5.41) is 17.5. The molecule has 0 aliphatic heterocycles. The Labute approximate surface area is 144 Å². The third kappa shape index (κ3) is 5.61. The van der Waals surface area contributed by atoms with Crippen LogP contribution in [-0.2, 0) is 11.3 Å². The molecule has 24 heavy (non-hydrogen) atoms. The molecule has 0 saturated carbocycles. The maximum atomic E-state index is 10.7. The Hall–Kier alpha value is -2.49. The van der Waals surface area contributed by atoms with Crippen LogP contribution in [-0.4, -0.2) is 41.4 Å². The van der Waals surface area contributed by atoms with Crippen molar-refractivity contribution >= 4 is 35.5 Å². The van der Waals surface area contributed by atoms with Crippen molar-refractivity contribution < 1.29 is 14.6 Å². The SMILES string of the molecule is COCCNCc1cnc(=S)[nH]c1Nc1cccc(NC(=O)O)c1. The van der Waals surface area contributed by atoms with Crippen molar-refractivity contribution in [1.82, 2.24) is 15.3 Å². The fraction of sp³-hybridized carbons (Fsp3) is 0.267. The van der Waals surface area contributed by atoms with Gasteiger partial charge in [0.2, 0.25) is 0 Å². The number of benzene rings is 1. The Morgan fingerprint density at radius 2 is 2.21 bits per heavy atom. The van der Waals surface area contributed by atoms with E-state index in [1.165, 1.54) is 0 Å². The van der Waals surface area contributed by atoms with Gasteiger partial charge in [-0.15, -0.1) is 0 Å². The molecule has 1 aromatic heterocycles. The second-order valence-electron chi connectivity index (χ2n) is 4.89. The highest BCUT2D eigenvalue weighted by molar-refractivity contribution is 7.71. The molecule has 0 atom stereocenters. The molecule has 0 radical (unpaired) electrons. The lowest BCUT2D eigenvalue weighted by atomic mass is 10.2. The number of rotatable bonds is 8. The van der Waals surface area contributed by atoms with Crippen molar-refractivity contribution in [3.63, 3.8) is 0 Å². The number of hydrogen-bond donors (Lipinski definition) is 5. The first-order valence-corrected chi connectivity index (χ1v) is 7.64. The van der Waals surface area contributed by atoms with Crippen LogP contribution in [0.1, 0.15) is 5.56 Å². The molecule has 1 heterocycles. The van der Waals surface area contributed by atoms with E-state index in [4.69, 9.17) is 22.1 Å². The molecule has 2 rings (SSSR count). The average Bonchev–Trinajstić information content (AvgIpc) is 2.53. The third-order valence-electron chi connectivity index (χ3n) is 3.07. The first-order valence-electron chi connectivity index (χ1n) is 7.23. The van der Waals surface area contributed by atoms with Crippen LogP contribution < -0.4 is 16.0 Å². The predicted octanol–water partition coefficient (Wildman–Crippen LogP) is 2.71. The van der Waals surface area contributed by atoms with Gasteiger partial charge in [0.15, 0.2) is 4.77 Å². The normalized spacial score (nSPS) is 10.4. The van der Waals surface area contributed by atoms with Crippen LogP contribution >= 0.6 is 12.2 Å². The standard InChI is InChI=1S/C15H19N5O3S/c1-23-6-5-16-8-10-9-17-14(24)20-13(10)18-11-3-2-4-12(7-11)19-15(21)22/h2-4,7,9,16,19H,5-6,8H2,1H3,(H,21,22)(H2,17,18,20,24). The maximum Gasteiger partial charge on any atom is 0.409 e. The molecule has 0 saturated heterocycles. The molecular weight excluding hydrogens is 330 g/mol. The van der Waals surface area contributed by atoms with Crippen molar-refractivity contribution in [2.75, 3.05) is 30.9 Å². The number of aromatic amines is 1. The molecular formula is C15H19N5O3S. The average molecular weight is 349 g/mol. The number of methoxy groups -OCH3 is 1. The highest BCUT2D eigenvalue weighted by Crippen LogP contribution is 2.21. The van der Waals surface area contributed by atoms with E-state index >= 15 is 0 Å². The van der Waals surface area contributed by atoms with Crippen LogP contribution in [0.3, 0.4) is 0 Å². The summed E-state index contributed by atoms with van der Waals surface area (Å²) in [5.74, 6) is 0.701. The minimum atomic E-state index is -1.11. The molecule has 2 aromatic rings. The van der Waals surface area contributed by atoms with E-state index in [0.29, 0.717) is 36.0 Å². The molecule has 0 spiro atoms. The van der Waals surface area contributed by atoms with Gasteiger partial charge in [-0.3, -0.25) is 5.32 Å². The largest absolute Gasteiger partial charge is 0.465 e. The fourth-order valence-corrected chi connectivity index (χ4v) is 2.16. The number of nitrogens with zero attached hydrogens (tertiary/aromatic N) is 1. The number of H-pyrrole nitrogens is 1. The van der Waals surface area contributed by atoms with Crippen molar-refractivity contribution in [3.8, 4) is 0 Å². The van der Waals surface area contributed by atoms with Crippen molar-refractivity contribution in [1.29, 1.82) is 0 Å². The lowest BCUT2D eigenvalue weighted by Gasteiger charge is -2.13. The van der Waals surface area contributed by atoms with Gasteiger partial charge < -0.3 is 25.5 Å². The minimum Gasteiger partial charge on any atom is -0.465 e. The van der Waals surface area contributed by atoms with Crippen molar-refractivity contribution in [2.24, 2.45) is 0 Å². The van der Waals surface area contributed by atoms with Gasteiger partial charge in [-0.25, -0.2) is 9.78 Å². The number of carbonyl (C=O) groups is 1.